The molecular weight excluding hydrogens is 274 g/mol. The molecule has 3 heteroatoms. The number of ether oxygens (including phenoxy) is 1. The zero-order valence-corrected chi connectivity index (χ0v) is 13.3. The van der Waals surface area contributed by atoms with Crippen molar-refractivity contribution in [3.05, 3.63) is 48.0 Å². The molecule has 2 aliphatic carbocycles. The monoisotopic (exact) mass is 299 g/mol. The van der Waals surface area contributed by atoms with Crippen LogP contribution in [0.4, 0.5) is 0 Å². The van der Waals surface area contributed by atoms with Gasteiger partial charge in [0.2, 0.25) is 0 Å². The molecule has 1 fully saturated rings. The third-order valence-corrected chi connectivity index (χ3v) is 4.67. The topological polar surface area (TPSA) is 29.5 Å². The van der Waals surface area contributed by atoms with Crippen molar-refractivity contribution in [1.29, 1.82) is 0 Å². The maximum absolute atomic E-state index is 12.9. The fourth-order valence-corrected chi connectivity index (χ4v) is 3.37. The van der Waals surface area contributed by atoms with E-state index in [1.807, 2.05) is 13.0 Å². The van der Waals surface area contributed by atoms with E-state index in [1.54, 1.807) is 0 Å². The molecule has 0 aliphatic heterocycles. The second kappa shape index (κ2) is 6.66. The van der Waals surface area contributed by atoms with Crippen LogP contribution in [-0.4, -0.2) is 29.6 Å². The molecule has 1 saturated carbocycles. The predicted molar refractivity (Wildman–Crippen MR) is 87.6 cm³/mol. The average Bonchev–Trinajstić information content (AvgIpc) is 3.28. The van der Waals surface area contributed by atoms with E-state index in [4.69, 9.17) is 4.74 Å². The molecule has 22 heavy (non-hydrogen) atoms. The molecule has 2 atom stereocenters. The number of carbonyl (C=O) groups excluding carboxylic acids is 1. The maximum Gasteiger partial charge on any atom is 0.252 e. The van der Waals surface area contributed by atoms with Crippen LogP contribution in [0.2, 0.25) is 0 Å². The Kier molecular flexibility index (Phi) is 4.63. The minimum atomic E-state index is -0.367. The Morgan fingerprint density at radius 3 is 2.91 bits per heavy atom. The summed E-state index contributed by atoms with van der Waals surface area (Å²) < 4.78 is 5.69. The Bertz CT molecular complexity index is 550. The van der Waals surface area contributed by atoms with E-state index in [9.17, 15) is 4.79 Å². The van der Waals surface area contributed by atoms with E-state index < -0.39 is 0 Å². The van der Waals surface area contributed by atoms with Gasteiger partial charge in [-0.05, 0) is 50.2 Å². The molecule has 0 heterocycles. The standard InChI is InChI=1S/C19H25NO2/c1-3-4-13-22-14(2)19(21)20(16-10-11-16)18-12-9-15-7-5-6-8-17(15)18/h3,5-8,14,16,18H,1,4,9-13H2,2H3. The Morgan fingerprint density at radius 1 is 1.41 bits per heavy atom. The second-order valence-corrected chi connectivity index (χ2v) is 6.32. The summed E-state index contributed by atoms with van der Waals surface area (Å²) in [4.78, 5) is 15.0. The van der Waals surface area contributed by atoms with Crippen LogP contribution in [0, 0.1) is 0 Å². The van der Waals surface area contributed by atoms with Crippen molar-refractivity contribution in [2.75, 3.05) is 6.61 Å². The molecule has 0 bridgehead atoms. The van der Waals surface area contributed by atoms with Gasteiger partial charge in [0.15, 0.2) is 0 Å². The molecule has 1 aromatic rings. The van der Waals surface area contributed by atoms with Crippen LogP contribution in [0.1, 0.15) is 49.8 Å². The number of fused-ring (bicyclic) bond motifs is 1. The van der Waals surface area contributed by atoms with E-state index in [1.165, 1.54) is 11.1 Å². The van der Waals surface area contributed by atoms with E-state index in [-0.39, 0.29) is 18.1 Å². The minimum Gasteiger partial charge on any atom is -0.368 e. The molecule has 2 aliphatic rings. The lowest BCUT2D eigenvalue weighted by Gasteiger charge is -2.32. The smallest absolute Gasteiger partial charge is 0.252 e. The normalized spacial score (nSPS) is 21.2. The van der Waals surface area contributed by atoms with Crippen LogP contribution in [-0.2, 0) is 16.0 Å². The lowest BCUT2D eigenvalue weighted by atomic mass is 10.1. The Hall–Kier alpha value is -1.61. The molecule has 0 N–H and O–H groups in total. The van der Waals surface area contributed by atoms with Gasteiger partial charge in [0.25, 0.3) is 5.91 Å². The van der Waals surface area contributed by atoms with Gasteiger partial charge in [-0.1, -0.05) is 30.3 Å². The molecule has 1 aromatic carbocycles. The largest absolute Gasteiger partial charge is 0.368 e. The Morgan fingerprint density at radius 2 is 2.18 bits per heavy atom. The molecule has 0 radical (unpaired) electrons. The number of aryl methyl sites for hydroxylation is 1. The van der Waals surface area contributed by atoms with Gasteiger partial charge >= 0.3 is 0 Å². The van der Waals surface area contributed by atoms with Crippen molar-refractivity contribution >= 4 is 5.91 Å². The highest BCUT2D eigenvalue weighted by atomic mass is 16.5. The molecule has 118 valence electrons. The summed E-state index contributed by atoms with van der Waals surface area (Å²) in [7, 11) is 0. The summed E-state index contributed by atoms with van der Waals surface area (Å²) >= 11 is 0. The Labute approximate surface area is 133 Å². The fourth-order valence-electron chi connectivity index (χ4n) is 3.37. The van der Waals surface area contributed by atoms with E-state index >= 15 is 0 Å². The van der Waals surface area contributed by atoms with E-state index in [0.29, 0.717) is 12.6 Å². The molecule has 0 aromatic heterocycles. The highest BCUT2D eigenvalue weighted by molar-refractivity contribution is 5.82. The molecule has 3 nitrogen and oxygen atoms in total. The molecule has 0 spiro atoms. The van der Waals surface area contributed by atoms with Crippen LogP contribution in [0.15, 0.2) is 36.9 Å². The minimum absolute atomic E-state index is 0.147. The fraction of sp³-hybridized carbons (Fsp3) is 0.526. The summed E-state index contributed by atoms with van der Waals surface area (Å²) in [6, 6.07) is 9.19. The number of benzene rings is 1. The second-order valence-electron chi connectivity index (χ2n) is 6.32. The zero-order chi connectivity index (χ0) is 15.5. The predicted octanol–water partition coefficient (Wildman–Crippen LogP) is 3.65. The Balaban J connectivity index is 1.73. The first-order chi connectivity index (χ1) is 10.7. The molecule has 2 unspecified atom stereocenters. The number of rotatable bonds is 7. The van der Waals surface area contributed by atoms with Gasteiger partial charge in [-0.15, -0.1) is 6.58 Å². The van der Waals surface area contributed by atoms with Crippen LogP contribution < -0.4 is 0 Å². The number of amides is 1. The maximum atomic E-state index is 12.9. The number of nitrogens with zero attached hydrogens (tertiary/aromatic N) is 1. The average molecular weight is 299 g/mol. The highest BCUT2D eigenvalue weighted by Gasteiger charge is 2.41. The third-order valence-electron chi connectivity index (χ3n) is 4.67. The quantitative estimate of drug-likeness (QED) is 0.568. The van der Waals surface area contributed by atoms with Crippen molar-refractivity contribution in [3.63, 3.8) is 0 Å². The summed E-state index contributed by atoms with van der Waals surface area (Å²) in [5.41, 5.74) is 2.73. The van der Waals surface area contributed by atoms with Crippen molar-refractivity contribution in [3.8, 4) is 0 Å². The lowest BCUT2D eigenvalue weighted by Crippen LogP contribution is -2.42. The highest BCUT2D eigenvalue weighted by Crippen LogP contribution is 2.42. The number of hydrogen-bond acceptors (Lipinski definition) is 2. The first-order valence-electron chi connectivity index (χ1n) is 8.35. The lowest BCUT2D eigenvalue weighted by molar-refractivity contribution is -0.146. The number of carbonyl (C=O) groups is 1. The molecular formula is C19H25NO2. The third kappa shape index (κ3) is 3.09. The molecule has 1 amide bonds. The van der Waals surface area contributed by atoms with E-state index in [2.05, 4.69) is 35.7 Å². The van der Waals surface area contributed by atoms with Crippen molar-refractivity contribution in [2.45, 2.75) is 57.2 Å². The zero-order valence-electron chi connectivity index (χ0n) is 13.3. The van der Waals surface area contributed by atoms with Crippen LogP contribution in [0.3, 0.4) is 0 Å². The van der Waals surface area contributed by atoms with Gasteiger partial charge in [-0.25, -0.2) is 0 Å². The van der Waals surface area contributed by atoms with Crippen LogP contribution in [0.25, 0.3) is 0 Å². The summed E-state index contributed by atoms with van der Waals surface area (Å²) in [5.74, 6) is 0.147. The molecule has 0 saturated heterocycles. The van der Waals surface area contributed by atoms with E-state index in [0.717, 1.165) is 32.1 Å². The van der Waals surface area contributed by atoms with Crippen molar-refractivity contribution < 1.29 is 9.53 Å². The SMILES string of the molecule is C=CCCOC(C)C(=O)N(C1CC1)C1CCc2ccccc21. The van der Waals surface area contributed by atoms with Gasteiger partial charge in [-0.3, -0.25) is 4.79 Å². The van der Waals surface area contributed by atoms with Crippen LogP contribution in [0.5, 0.6) is 0 Å². The van der Waals surface area contributed by atoms with Gasteiger partial charge in [0.1, 0.15) is 6.10 Å². The van der Waals surface area contributed by atoms with Gasteiger partial charge < -0.3 is 9.64 Å². The van der Waals surface area contributed by atoms with Gasteiger partial charge in [0, 0.05) is 6.04 Å². The first kappa shape index (κ1) is 15.3. The van der Waals surface area contributed by atoms with Crippen molar-refractivity contribution in [2.24, 2.45) is 0 Å². The molecule has 3 rings (SSSR count). The number of hydrogen-bond donors (Lipinski definition) is 0. The first-order valence-corrected chi connectivity index (χ1v) is 8.35. The van der Waals surface area contributed by atoms with Crippen molar-refractivity contribution in [1.82, 2.24) is 4.90 Å². The van der Waals surface area contributed by atoms with Gasteiger partial charge in [-0.2, -0.15) is 0 Å². The summed E-state index contributed by atoms with van der Waals surface area (Å²) in [6.45, 7) is 6.13. The van der Waals surface area contributed by atoms with Crippen LogP contribution >= 0.6 is 0 Å². The summed E-state index contributed by atoms with van der Waals surface area (Å²) in [5, 5.41) is 0. The van der Waals surface area contributed by atoms with Gasteiger partial charge in [0.05, 0.1) is 12.6 Å². The summed E-state index contributed by atoms with van der Waals surface area (Å²) in [6.07, 6.45) is 6.61.